The van der Waals surface area contributed by atoms with E-state index in [1.807, 2.05) is 133 Å². The molecule has 0 radical (unpaired) electrons. The Balaban J connectivity index is 1.26. The van der Waals surface area contributed by atoms with Crippen LogP contribution in [0.4, 0.5) is 0 Å². The van der Waals surface area contributed by atoms with Gasteiger partial charge in [-0.05, 0) is 35.0 Å². The highest BCUT2D eigenvalue weighted by molar-refractivity contribution is 7.85. The van der Waals surface area contributed by atoms with E-state index in [0.29, 0.717) is 17.5 Å². The topological polar surface area (TPSA) is 68.6 Å². The van der Waals surface area contributed by atoms with Crippen molar-refractivity contribution in [1.82, 2.24) is 19.9 Å². The van der Waals surface area contributed by atoms with Gasteiger partial charge in [0.15, 0.2) is 24.6 Å². The summed E-state index contributed by atoms with van der Waals surface area (Å²) in [5.74, 6) is 1.67. The summed E-state index contributed by atoms with van der Waals surface area (Å²) in [6.07, 6.45) is 1.79. The number of aromatic nitrogens is 4. The van der Waals surface area contributed by atoms with Gasteiger partial charge in [-0.15, -0.1) is 0 Å². The maximum Gasteiger partial charge on any atom is 0.171 e. The molecule has 6 aromatic carbocycles. The van der Waals surface area contributed by atoms with Crippen molar-refractivity contribution < 1.29 is 4.57 Å². The van der Waals surface area contributed by atoms with Crippen LogP contribution in [-0.4, -0.2) is 19.9 Å². The van der Waals surface area contributed by atoms with Gasteiger partial charge in [0.1, 0.15) is 0 Å². The third kappa shape index (κ3) is 5.62. The second kappa shape index (κ2) is 12.6. The number of rotatable bonds is 7. The van der Waals surface area contributed by atoms with Crippen LogP contribution in [0.5, 0.6) is 0 Å². The summed E-state index contributed by atoms with van der Waals surface area (Å²) in [6, 6.07) is 55.7. The van der Waals surface area contributed by atoms with Crippen molar-refractivity contribution in [1.29, 1.82) is 0 Å². The van der Waals surface area contributed by atoms with Crippen LogP contribution in [0.3, 0.4) is 0 Å². The van der Waals surface area contributed by atoms with E-state index >= 15 is 0 Å². The van der Waals surface area contributed by atoms with Gasteiger partial charge in [0, 0.05) is 44.4 Å². The summed E-state index contributed by atoms with van der Waals surface area (Å²) in [5.41, 5.74) is 4.41. The molecule has 2 aromatic heterocycles. The lowest BCUT2D eigenvalue weighted by atomic mass is 10.1. The Hall–Kier alpha value is -6.03. The summed E-state index contributed by atoms with van der Waals surface area (Å²) >= 11 is 0. The van der Waals surface area contributed by atoms with E-state index in [-0.39, 0.29) is 0 Å². The van der Waals surface area contributed by atoms with E-state index in [9.17, 15) is 4.57 Å². The van der Waals surface area contributed by atoms with E-state index in [4.69, 9.17) is 15.0 Å². The van der Waals surface area contributed by atoms with Gasteiger partial charge in [0.05, 0.1) is 5.69 Å². The van der Waals surface area contributed by atoms with E-state index in [0.717, 1.165) is 54.6 Å². The Morgan fingerprint density at radius 2 is 0.896 bits per heavy atom. The molecule has 0 spiro atoms. The van der Waals surface area contributed by atoms with E-state index < -0.39 is 7.14 Å². The van der Waals surface area contributed by atoms with Crippen LogP contribution in [0.1, 0.15) is 0 Å². The molecule has 0 bridgehead atoms. The first-order valence-corrected chi connectivity index (χ1v) is 17.5. The van der Waals surface area contributed by atoms with Gasteiger partial charge in [0.2, 0.25) is 0 Å². The minimum absolute atomic E-state index is 0.534. The van der Waals surface area contributed by atoms with Gasteiger partial charge in [-0.3, -0.25) is 4.98 Å². The Morgan fingerprint density at radius 3 is 1.54 bits per heavy atom. The lowest BCUT2D eigenvalue weighted by Gasteiger charge is -2.20. The highest BCUT2D eigenvalue weighted by Gasteiger charge is 2.29. The zero-order valence-corrected chi connectivity index (χ0v) is 26.8. The summed E-state index contributed by atoms with van der Waals surface area (Å²) in [7, 11) is -3.12. The van der Waals surface area contributed by atoms with Gasteiger partial charge in [-0.25, -0.2) is 15.0 Å². The Morgan fingerprint density at radius 1 is 0.375 bits per heavy atom. The monoisotopic (exact) mass is 636 g/mol. The highest BCUT2D eigenvalue weighted by atomic mass is 31.2. The molecule has 0 amide bonds. The average Bonchev–Trinajstić information content (AvgIpc) is 3.18. The smallest absolute Gasteiger partial charge is 0.171 e. The summed E-state index contributed by atoms with van der Waals surface area (Å²) < 4.78 is 15.0. The second-order valence-corrected chi connectivity index (χ2v) is 14.3. The Labute approximate surface area is 279 Å². The van der Waals surface area contributed by atoms with E-state index in [1.54, 1.807) is 6.20 Å². The van der Waals surface area contributed by atoms with Crippen molar-refractivity contribution >= 4 is 33.8 Å². The fraction of sp³-hybridized carbons (Fsp3) is 0. The fourth-order valence-electron chi connectivity index (χ4n) is 5.99. The molecule has 0 saturated carbocycles. The van der Waals surface area contributed by atoms with Crippen molar-refractivity contribution in [3.63, 3.8) is 0 Å². The molecular weight excluding hydrogens is 607 g/mol. The number of benzene rings is 6. The van der Waals surface area contributed by atoms with Gasteiger partial charge < -0.3 is 4.57 Å². The van der Waals surface area contributed by atoms with Crippen LogP contribution >= 0.6 is 7.14 Å². The van der Waals surface area contributed by atoms with Crippen molar-refractivity contribution in [2.24, 2.45) is 0 Å². The second-order valence-electron chi connectivity index (χ2n) is 11.5. The first kappa shape index (κ1) is 29.4. The number of fused-ring (bicyclic) bond motifs is 1. The lowest BCUT2D eigenvalue weighted by Crippen LogP contribution is -2.24. The molecular formula is C42H29N4OP. The fourth-order valence-corrected chi connectivity index (χ4v) is 8.63. The SMILES string of the molecule is O=P(c1ccccc1)(c1ccccc1)c1ccc(-c2nc(-c3cccc(-c4ccccn4)c3)nc(-c3ccc4ccccc4c3)n2)cc1. The van der Waals surface area contributed by atoms with E-state index in [1.165, 1.54) is 0 Å². The summed E-state index contributed by atoms with van der Waals surface area (Å²) in [4.78, 5) is 19.5. The quantitative estimate of drug-likeness (QED) is 0.164. The van der Waals surface area contributed by atoms with Crippen LogP contribution in [-0.2, 0) is 4.57 Å². The third-order valence-electron chi connectivity index (χ3n) is 8.45. The number of pyridine rings is 1. The zero-order chi connectivity index (χ0) is 32.3. The molecule has 0 N–H and O–H groups in total. The molecule has 0 unspecified atom stereocenters. The molecule has 48 heavy (non-hydrogen) atoms. The average molecular weight is 637 g/mol. The van der Waals surface area contributed by atoms with Crippen LogP contribution in [0.2, 0.25) is 0 Å². The molecule has 8 rings (SSSR count). The molecule has 0 saturated heterocycles. The number of hydrogen-bond donors (Lipinski definition) is 0. The maximum atomic E-state index is 15.0. The lowest BCUT2D eigenvalue weighted by molar-refractivity contribution is 0.592. The van der Waals surface area contributed by atoms with Crippen LogP contribution in [0.25, 0.3) is 56.2 Å². The van der Waals surface area contributed by atoms with Gasteiger partial charge in [0.25, 0.3) is 0 Å². The molecule has 228 valence electrons. The van der Waals surface area contributed by atoms with Crippen molar-refractivity contribution in [3.8, 4) is 45.4 Å². The minimum atomic E-state index is -3.12. The van der Waals surface area contributed by atoms with Gasteiger partial charge in [-0.1, -0.05) is 146 Å². The molecule has 0 atom stereocenters. The van der Waals surface area contributed by atoms with Crippen LogP contribution < -0.4 is 15.9 Å². The molecule has 0 aliphatic heterocycles. The van der Waals surface area contributed by atoms with Gasteiger partial charge >= 0.3 is 0 Å². The van der Waals surface area contributed by atoms with Crippen molar-refractivity contribution in [3.05, 3.63) is 176 Å². The van der Waals surface area contributed by atoms with Crippen molar-refractivity contribution in [2.75, 3.05) is 0 Å². The standard InChI is InChI=1S/C42H29N4OP/c47-48(36-16-3-1-4-17-36,37-18-5-2-6-19-37)38-25-23-31(24-26-38)40-44-41(34-15-11-14-33(29-34)39-20-9-10-27-43-39)46-42(45-40)35-22-21-30-12-7-8-13-32(30)28-35/h1-29H. The predicted octanol–water partition coefficient (Wildman–Crippen LogP) is 8.73. The number of nitrogens with zero attached hydrogens (tertiary/aromatic N) is 4. The summed E-state index contributed by atoms with van der Waals surface area (Å²) in [6.45, 7) is 0. The minimum Gasteiger partial charge on any atom is -0.309 e. The third-order valence-corrected chi connectivity index (χ3v) is 11.5. The number of hydrogen-bond acceptors (Lipinski definition) is 5. The zero-order valence-electron chi connectivity index (χ0n) is 25.9. The maximum absolute atomic E-state index is 15.0. The molecule has 8 aromatic rings. The first-order chi connectivity index (χ1) is 23.6. The van der Waals surface area contributed by atoms with Gasteiger partial charge in [-0.2, -0.15) is 0 Å². The molecule has 5 nitrogen and oxygen atoms in total. The van der Waals surface area contributed by atoms with Crippen LogP contribution in [0, 0.1) is 0 Å². The highest BCUT2D eigenvalue weighted by Crippen LogP contribution is 2.42. The predicted molar refractivity (Wildman–Crippen MR) is 196 cm³/mol. The molecule has 6 heteroatoms. The Bertz CT molecular complexity index is 2370. The Kier molecular flexibility index (Phi) is 7.73. The normalized spacial score (nSPS) is 11.4. The first-order valence-electron chi connectivity index (χ1n) is 15.7. The molecule has 0 aliphatic carbocycles. The largest absolute Gasteiger partial charge is 0.309 e. The molecule has 0 fully saturated rings. The van der Waals surface area contributed by atoms with E-state index in [2.05, 4.69) is 41.4 Å². The molecule has 2 heterocycles. The van der Waals surface area contributed by atoms with Crippen LogP contribution in [0.15, 0.2) is 176 Å². The molecule has 0 aliphatic rings. The summed E-state index contributed by atoms with van der Waals surface area (Å²) in [5, 5.41) is 4.58. The van der Waals surface area contributed by atoms with Crippen molar-refractivity contribution in [2.45, 2.75) is 0 Å².